The Kier molecular flexibility index (Phi) is 6.03. The maximum atomic E-state index is 11.9. The van der Waals surface area contributed by atoms with E-state index in [9.17, 15) is 9.59 Å². The van der Waals surface area contributed by atoms with Crippen molar-refractivity contribution in [2.75, 3.05) is 26.2 Å². The van der Waals surface area contributed by atoms with E-state index < -0.39 is 0 Å². The summed E-state index contributed by atoms with van der Waals surface area (Å²) in [6, 6.07) is 0. The van der Waals surface area contributed by atoms with Gasteiger partial charge in [-0.15, -0.1) is 0 Å². The lowest BCUT2D eigenvalue weighted by atomic mass is 10.0. The fourth-order valence-corrected chi connectivity index (χ4v) is 3.20. The number of carbonyl (C=O) groups excluding carboxylic acids is 2. The minimum atomic E-state index is -0.0750. The van der Waals surface area contributed by atoms with Gasteiger partial charge in [-0.1, -0.05) is 26.7 Å². The Labute approximate surface area is 127 Å². The average molecular weight is 296 g/mol. The van der Waals surface area contributed by atoms with E-state index in [0.29, 0.717) is 31.3 Å². The number of nitrogens with zero attached hydrogens (tertiary/aromatic N) is 1. The number of carbonyl (C=O) groups is 2. The van der Waals surface area contributed by atoms with Gasteiger partial charge in [0.25, 0.3) is 0 Å². The molecule has 1 heterocycles. The van der Waals surface area contributed by atoms with Crippen LogP contribution >= 0.6 is 0 Å². The van der Waals surface area contributed by atoms with Crippen molar-refractivity contribution in [3.63, 3.8) is 0 Å². The van der Waals surface area contributed by atoms with Crippen LogP contribution in [0.4, 0.5) is 0 Å². The summed E-state index contributed by atoms with van der Waals surface area (Å²) >= 11 is 0. The number of hydrogen-bond donors (Lipinski definition) is 1. The van der Waals surface area contributed by atoms with E-state index in [1.165, 1.54) is 25.7 Å². The average Bonchev–Trinajstić information content (AvgIpc) is 2.92. The van der Waals surface area contributed by atoms with Crippen molar-refractivity contribution in [3.8, 4) is 0 Å². The number of hydrogen-bond acceptors (Lipinski definition) is 3. The molecule has 5 heteroatoms. The Morgan fingerprint density at radius 2 is 2.10 bits per heavy atom. The lowest BCUT2D eigenvalue weighted by molar-refractivity contribution is -0.149. The Hall–Kier alpha value is -1.10. The molecule has 0 spiro atoms. The molecule has 0 aromatic heterocycles. The minimum Gasteiger partial charge on any atom is -0.365 e. The summed E-state index contributed by atoms with van der Waals surface area (Å²) in [4.78, 5) is 25.5. The van der Waals surface area contributed by atoms with Gasteiger partial charge in [0.15, 0.2) is 0 Å². The number of nitrogens with one attached hydrogen (secondary N) is 1. The summed E-state index contributed by atoms with van der Waals surface area (Å²) in [7, 11) is 0. The zero-order chi connectivity index (χ0) is 15.2. The van der Waals surface area contributed by atoms with Crippen molar-refractivity contribution in [1.29, 1.82) is 0 Å². The molecule has 2 amide bonds. The van der Waals surface area contributed by atoms with Crippen LogP contribution in [0.2, 0.25) is 0 Å². The first-order valence-electron chi connectivity index (χ1n) is 8.20. The van der Waals surface area contributed by atoms with Gasteiger partial charge < -0.3 is 15.0 Å². The van der Waals surface area contributed by atoms with Crippen LogP contribution in [0.25, 0.3) is 0 Å². The van der Waals surface area contributed by atoms with E-state index in [4.69, 9.17) is 4.74 Å². The van der Waals surface area contributed by atoms with Gasteiger partial charge in [-0.2, -0.15) is 0 Å². The summed E-state index contributed by atoms with van der Waals surface area (Å²) in [5.74, 6) is 1.19. The van der Waals surface area contributed by atoms with Crippen molar-refractivity contribution >= 4 is 11.8 Å². The second-order valence-electron chi connectivity index (χ2n) is 6.78. The van der Waals surface area contributed by atoms with Crippen LogP contribution in [-0.4, -0.2) is 49.1 Å². The standard InChI is InChI=1S/C16H28N2O3/c1-12(2)9-18-10-14(21-11-16(18)20)8-17-15(19)7-13-5-3-4-6-13/h12-14H,3-11H2,1-2H3,(H,17,19). The quantitative estimate of drug-likeness (QED) is 0.809. The molecule has 0 aromatic rings. The smallest absolute Gasteiger partial charge is 0.248 e. The van der Waals surface area contributed by atoms with Gasteiger partial charge in [0, 0.05) is 26.1 Å². The van der Waals surface area contributed by atoms with Crippen LogP contribution in [0.5, 0.6) is 0 Å². The largest absolute Gasteiger partial charge is 0.365 e. The van der Waals surface area contributed by atoms with E-state index in [2.05, 4.69) is 19.2 Å². The van der Waals surface area contributed by atoms with E-state index in [1.54, 1.807) is 0 Å². The molecule has 120 valence electrons. The number of morpholine rings is 1. The first-order chi connectivity index (χ1) is 10.0. The van der Waals surface area contributed by atoms with Gasteiger partial charge in [-0.25, -0.2) is 0 Å². The molecule has 5 nitrogen and oxygen atoms in total. The normalized spacial score (nSPS) is 23.9. The van der Waals surface area contributed by atoms with E-state index in [1.807, 2.05) is 4.90 Å². The lowest BCUT2D eigenvalue weighted by Crippen LogP contribution is -2.51. The first kappa shape index (κ1) is 16.3. The fourth-order valence-electron chi connectivity index (χ4n) is 3.20. The highest BCUT2D eigenvalue weighted by molar-refractivity contribution is 5.78. The van der Waals surface area contributed by atoms with Gasteiger partial charge in [0.1, 0.15) is 6.61 Å². The molecular weight excluding hydrogens is 268 g/mol. The highest BCUT2D eigenvalue weighted by atomic mass is 16.5. The molecule has 1 aliphatic heterocycles. The molecule has 21 heavy (non-hydrogen) atoms. The Morgan fingerprint density at radius 1 is 1.38 bits per heavy atom. The molecule has 0 aromatic carbocycles. The van der Waals surface area contributed by atoms with Crippen LogP contribution < -0.4 is 5.32 Å². The summed E-state index contributed by atoms with van der Waals surface area (Å²) in [6.07, 6.45) is 5.45. The third-order valence-corrected chi connectivity index (χ3v) is 4.28. The molecule has 1 atom stereocenters. The molecular formula is C16H28N2O3. The van der Waals surface area contributed by atoms with Crippen molar-refractivity contribution in [2.45, 2.75) is 52.1 Å². The minimum absolute atomic E-state index is 0.0530. The van der Waals surface area contributed by atoms with Crippen molar-refractivity contribution in [2.24, 2.45) is 11.8 Å². The molecule has 2 fully saturated rings. The van der Waals surface area contributed by atoms with Crippen molar-refractivity contribution in [3.05, 3.63) is 0 Å². The topological polar surface area (TPSA) is 58.6 Å². The molecule has 0 bridgehead atoms. The van der Waals surface area contributed by atoms with Gasteiger partial charge in [0.05, 0.1) is 6.10 Å². The maximum absolute atomic E-state index is 11.9. The van der Waals surface area contributed by atoms with Crippen LogP contribution in [-0.2, 0) is 14.3 Å². The molecule has 1 unspecified atom stereocenters. The van der Waals surface area contributed by atoms with Gasteiger partial charge in [-0.3, -0.25) is 9.59 Å². The highest BCUT2D eigenvalue weighted by Gasteiger charge is 2.27. The third kappa shape index (κ3) is 5.30. The number of ether oxygens (including phenoxy) is 1. The number of amides is 2. The van der Waals surface area contributed by atoms with E-state index in [-0.39, 0.29) is 24.5 Å². The van der Waals surface area contributed by atoms with Crippen LogP contribution in [0.15, 0.2) is 0 Å². The van der Waals surface area contributed by atoms with Gasteiger partial charge >= 0.3 is 0 Å². The zero-order valence-electron chi connectivity index (χ0n) is 13.3. The second kappa shape index (κ2) is 7.78. The van der Waals surface area contributed by atoms with Gasteiger partial charge in [-0.05, 0) is 24.7 Å². The lowest BCUT2D eigenvalue weighted by Gasteiger charge is -2.33. The molecule has 2 aliphatic rings. The molecule has 1 saturated heterocycles. The zero-order valence-corrected chi connectivity index (χ0v) is 13.3. The second-order valence-corrected chi connectivity index (χ2v) is 6.78. The predicted molar refractivity (Wildman–Crippen MR) is 80.7 cm³/mol. The first-order valence-corrected chi connectivity index (χ1v) is 8.20. The Morgan fingerprint density at radius 3 is 2.76 bits per heavy atom. The van der Waals surface area contributed by atoms with Crippen LogP contribution in [0.3, 0.4) is 0 Å². The SMILES string of the molecule is CC(C)CN1CC(CNC(=O)CC2CCCC2)OCC1=O. The van der Waals surface area contributed by atoms with E-state index >= 15 is 0 Å². The molecule has 1 N–H and O–H groups in total. The number of rotatable bonds is 6. The maximum Gasteiger partial charge on any atom is 0.248 e. The highest BCUT2D eigenvalue weighted by Crippen LogP contribution is 2.27. The molecule has 1 saturated carbocycles. The summed E-state index contributed by atoms with van der Waals surface area (Å²) < 4.78 is 5.52. The summed E-state index contributed by atoms with van der Waals surface area (Å²) in [5, 5.41) is 2.97. The third-order valence-electron chi connectivity index (χ3n) is 4.28. The van der Waals surface area contributed by atoms with Crippen molar-refractivity contribution in [1.82, 2.24) is 10.2 Å². The fraction of sp³-hybridized carbons (Fsp3) is 0.875. The molecule has 1 aliphatic carbocycles. The summed E-state index contributed by atoms with van der Waals surface area (Å²) in [5.41, 5.74) is 0. The Balaban J connectivity index is 1.69. The molecule has 0 radical (unpaired) electrons. The van der Waals surface area contributed by atoms with Crippen LogP contribution in [0, 0.1) is 11.8 Å². The van der Waals surface area contributed by atoms with Crippen LogP contribution in [0.1, 0.15) is 46.0 Å². The molecule has 2 rings (SSSR count). The predicted octanol–water partition coefficient (Wildman–Crippen LogP) is 1.57. The Bertz CT molecular complexity index is 365. The van der Waals surface area contributed by atoms with Crippen molar-refractivity contribution < 1.29 is 14.3 Å². The summed E-state index contributed by atoms with van der Waals surface area (Å²) in [6.45, 7) is 6.18. The van der Waals surface area contributed by atoms with E-state index in [0.717, 1.165) is 6.54 Å². The monoisotopic (exact) mass is 296 g/mol. The van der Waals surface area contributed by atoms with Gasteiger partial charge in [0.2, 0.25) is 11.8 Å².